The summed E-state index contributed by atoms with van der Waals surface area (Å²) in [6.45, 7) is 5.93. The molecule has 1 atom stereocenters. The number of benzene rings is 1. The van der Waals surface area contributed by atoms with Gasteiger partial charge in [0, 0.05) is 16.1 Å². The number of anilines is 1. The molecule has 3 aromatic rings. The molecule has 1 fully saturated rings. The number of nitrogens with zero attached hydrogens (tertiary/aromatic N) is 4. The number of carboxylic acids is 2. The largest absolute Gasteiger partial charge is 0.496 e. The zero-order chi connectivity index (χ0) is 32.3. The van der Waals surface area contributed by atoms with Crippen molar-refractivity contribution in [3.05, 3.63) is 39.8 Å². The van der Waals surface area contributed by atoms with E-state index in [1.807, 2.05) is 31.5 Å². The van der Waals surface area contributed by atoms with Crippen LogP contribution in [0.4, 0.5) is 32.2 Å². The smallest absolute Gasteiger partial charge is 0.490 e. The Morgan fingerprint density at radius 3 is 2.02 bits per heavy atom. The van der Waals surface area contributed by atoms with Gasteiger partial charge in [-0.3, -0.25) is 0 Å². The number of carboxylic acid groups (broad SMARTS) is 2. The number of carbonyl (C=O) groups is 2. The Morgan fingerprint density at radius 1 is 1.10 bits per heavy atom. The Hall–Kier alpha value is -3.86. The first-order valence-corrected chi connectivity index (χ1v) is 12.2. The lowest BCUT2D eigenvalue weighted by Crippen LogP contribution is -2.28. The van der Waals surface area contributed by atoms with Gasteiger partial charge in [-0.05, 0) is 51.2 Å². The molecule has 0 bridgehead atoms. The molecule has 1 aliphatic carbocycles. The molecule has 0 saturated heterocycles. The molecule has 0 amide bonds. The van der Waals surface area contributed by atoms with Crippen molar-refractivity contribution in [2.75, 3.05) is 12.8 Å². The maximum atomic E-state index is 10.6. The molecule has 1 aliphatic rings. The maximum Gasteiger partial charge on any atom is 0.490 e. The molecular formula is C24H26ClF6N5O6. The summed E-state index contributed by atoms with van der Waals surface area (Å²) in [7, 11) is 1.67. The van der Waals surface area contributed by atoms with Gasteiger partial charge in [0.15, 0.2) is 5.65 Å². The lowest BCUT2D eigenvalue weighted by molar-refractivity contribution is -0.193. The number of fused-ring (bicyclic) bond motifs is 1. The molecule has 2 heterocycles. The number of hydrogen-bond acceptors (Lipinski definition) is 8. The number of ether oxygens (including phenoxy) is 1. The molecule has 0 radical (unpaired) electrons. The highest BCUT2D eigenvalue weighted by molar-refractivity contribution is 6.31. The number of aliphatic hydroxyl groups is 1. The number of aliphatic hydroxyl groups excluding tert-OH is 1. The molecule has 4 rings (SSSR count). The van der Waals surface area contributed by atoms with Crippen LogP contribution in [0.5, 0.6) is 5.75 Å². The summed E-state index contributed by atoms with van der Waals surface area (Å²) in [6, 6.07) is 1.76. The van der Waals surface area contributed by atoms with Crippen LogP contribution in [-0.4, -0.2) is 72.6 Å². The fourth-order valence-electron chi connectivity index (χ4n) is 4.19. The number of aliphatic carboxylic acids is 2. The number of halogens is 7. The van der Waals surface area contributed by atoms with Gasteiger partial charge in [-0.25, -0.2) is 24.2 Å². The van der Waals surface area contributed by atoms with Crippen molar-refractivity contribution in [3.63, 3.8) is 0 Å². The van der Waals surface area contributed by atoms with Crippen LogP contribution < -0.4 is 10.5 Å². The molecule has 232 valence electrons. The number of aryl methyl sites for hydroxylation is 1. The minimum atomic E-state index is -5.08. The molecule has 0 spiro atoms. The predicted octanol–water partition coefficient (Wildman–Crippen LogP) is 4.80. The van der Waals surface area contributed by atoms with Gasteiger partial charge in [0.05, 0.1) is 30.3 Å². The van der Waals surface area contributed by atoms with Crippen LogP contribution in [0.3, 0.4) is 0 Å². The summed E-state index contributed by atoms with van der Waals surface area (Å²) in [6.07, 6.45) is -7.54. The first-order valence-electron chi connectivity index (χ1n) is 11.8. The number of rotatable bonds is 4. The van der Waals surface area contributed by atoms with E-state index in [4.69, 9.17) is 41.9 Å². The van der Waals surface area contributed by atoms with Crippen LogP contribution in [-0.2, 0) is 9.59 Å². The molecule has 18 heteroatoms. The third-order valence-corrected chi connectivity index (χ3v) is 6.66. The van der Waals surface area contributed by atoms with Crippen LogP contribution in [0.15, 0.2) is 12.4 Å². The standard InChI is InChI=1S/C20H24ClN5O2.2C2HF3O2/c1-9-15(21)7-14(18(28-4)16(9)12-5-13(27)6-12)11(3)26-20-17(10(2)25-26)19(22)23-8-24-20;2*3-2(4,5)1(6)7/h7-8,11-13,27H,5-6H2,1-4H3,(H2,22,23,24);2*(H,6,7). The van der Waals surface area contributed by atoms with Crippen molar-refractivity contribution in [2.45, 2.75) is 64.0 Å². The average molecular weight is 630 g/mol. The van der Waals surface area contributed by atoms with Crippen molar-refractivity contribution >= 4 is 40.4 Å². The van der Waals surface area contributed by atoms with E-state index in [0.29, 0.717) is 16.5 Å². The van der Waals surface area contributed by atoms with Crippen molar-refractivity contribution in [2.24, 2.45) is 0 Å². The van der Waals surface area contributed by atoms with E-state index < -0.39 is 24.3 Å². The third kappa shape index (κ3) is 7.70. The van der Waals surface area contributed by atoms with E-state index >= 15 is 0 Å². The topological polar surface area (TPSA) is 174 Å². The molecule has 42 heavy (non-hydrogen) atoms. The number of hydrogen-bond donors (Lipinski definition) is 4. The normalized spacial score (nSPS) is 17.2. The highest BCUT2D eigenvalue weighted by atomic mass is 35.5. The third-order valence-electron chi connectivity index (χ3n) is 6.27. The Kier molecular flexibility index (Phi) is 10.6. The van der Waals surface area contributed by atoms with E-state index in [9.17, 15) is 31.4 Å². The van der Waals surface area contributed by atoms with Gasteiger partial charge in [0.25, 0.3) is 0 Å². The van der Waals surface area contributed by atoms with Gasteiger partial charge < -0.3 is 25.8 Å². The predicted molar refractivity (Wildman–Crippen MR) is 136 cm³/mol. The van der Waals surface area contributed by atoms with Gasteiger partial charge >= 0.3 is 24.3 Å². The van der Waals surface area contributed by atoms with Crippen molar-refractivity contribution in [1.29, 1.82) is 0 Å². The maximum absolute atomic E-state index is 10.6. The Balaban J connectivity index is 0.000000367. The minimum Gasteiger partial charge on any atom is -0.496 e. The lowest BCUT2D eigenvalue weighted by Gasteiger charge is -2.35. The second kappa shape index (κ2) is 13.0. The second-order valence-corrected chi connectivity index (χ2v) is 9.52. The summed E-state index contributed by atoms with van der Waals surface area (Å²) in [4.78, 5) is 26.3. The second-order valence-electron chi connectivity index (χ2n) is 9.11. The first-order chi connectivity index (χ1) is 19.2. The molecule has 1 saturated carbocycles. The fraction of sp³-hybridized carbons (Fsp3) is 0.458. The minimum absolute atomic E-state index is 0.178. The quantitative estimate of drug-likeness (QED) is 0.294. The Bertz CT molecular complexity index is 1430. The van der Waals surface area contributed by atoms with Gasteiger partial charge in [-0.2, -0.15) is 31.4 Å². The van der Waals surface area contributed by atoms with Crippen molar-refractivity contribution < 1.29 is 56.0 Å². The Labute approximate surface area is 238 Å². The van der Waals surface area contributed by atoms with E-state index in [1.54, 1.807) is 7.11 Å². The highest BCUT2D eigenvalue weighted by Gasteiger charge is 2.39. The zero-order valence-electron chi connectivity index (χ0n) is 22.4. The number of alkyl halides is 6. The molecule has 2 aromatic heterocycles. The zero-order valence-corrected chi connectivity index (χ0v) is 23.1. The molecule has 5 N–H and O–H groups in total. The van der Waals surface area contributed by atoms with Crippen LogP contribution >= 0.6 is 11.6 Å². The first kappa shape index (κ1) is 34.3. The Morgan fingerprint density at radius 2 is 1.60 bits per heavy atom. The number of methoxy groups -OCH3 is 1. The average Bonchev–Trinajstić information content (AvgIpc) is 3.20. The van der Waals surface area contributed by atoms with Gasteiger partial charge in [-0.15, -0.1) is 0 Å². The van der Waals surface area contributed by atoms with Crippen LogP contribution in [0.2, 0.25) is 5.02 Å². The van der Waals surface area contributed by atoms with Crippen molar-refractivity contribution in [3.8, 4) is 5.75 Å². The molecular weight excluding hydrogens is 604 g/mol. The lowest BCUT2D eigenvalue weighted by atomic mass is 9.75. The van der Waals surface area contributed by atoms with E-state index in [0.717, 1.165) is 46.4 Å². The summed E-state index contributed by atoms with van der Waals surface area (Å²) < 4.78 is 71.2. The summed E-state index contributed by atoms with van der Waals surface area (Å²) in [5.74, 6) is -4.06. The summed E-state index contributed by atoms with van der Waals surface area (Å²) in [5, 5.41) is 30.2. The SMILES string of the molecule is COc1c(C(C)n2nc(C)c3c(N)ncnc32)cc(Cl)c(C)c1C1CC(O)C1.O=C(O)C(F)(F)F.O=C(O)C(F)(F)F. The van der Waals surface area contributed by atoms with Crippen LogP contribution in [0.25, 0.3) is 11.0 Å². The molecule has 11 nitrogen and oxygen atoms in total. The van der Waals surface area contributed by atoms with E-state index in [-0.39, 0.29) is 18.1 Å². The van der Waals surface area contributed by atoms with Crippen LogP contribution in [0, 0.1) is 13.8 Å². The fourth-order valence-corrected chi connectivity index (χ4v) is 4.41. The number of nitrogen functional groups attached to an aromatic ring is 1. The van der Waals surface area contributed by atoms with Gasteiger partial charge in [-0.1, -0.05) is 11.6 Å². The van der Waals surface area contributed by atoms with E-state index in [1.165, 1.54) is 6.33 Å². The number of nitrogens with two attached hydrogens (primary N) is 1. The molecule has 1 unspecified atom stereocenters. The number of aromatic nitrogens is 4. The summed E-state index contributed by atoms with van der Waals surface area (Å²) >= 11 is 6.60. The van der Waals surface area contributed by atoms with Crippen molar-refractivity contribution in [1.82, 2.24) is 19.7 Å². The van der Waals surface area contributed by atoms with E-state index in [2.05, 4.69) is 15.1 Å². The monoisotopic (exact) mass is 629 g/mol. The molecule has 1 aromatic carbocycles. The van der Waals surface area contributed by atoms with Gasteiger partial charge in [0.1, 0.15) is 17.9 Å². The van der Waals surface area contributed by atoms with Crippen LogP contribution in [0.1, 0.15) is 54.1 Å². The van der Waals surface area contributed by atoms with Gasteiger partial charge in [0.2, 0.25) is 0 Å². The highest BCUT2D eigenvalue weighted by Crippen LogP contribution is 2.47. The summed E-state index contributed by atoms with van der Waals surface area (Å²) in [5.41, 5.74) is 10.5. The molecule has 0 aliphatic heterocycles.